The number of benzene rings is 1. The van der Waals surface area contributed by atoms with Gasteiger partial charge in [-0.05, 0) is 28.3 Å². The zero-order valence-electron chi connectivity index (χ0n) is 11.1. The molecule has 0 atom stereocenters. The van der Waals surface area contributed by atoms with Crippen molar-refractivity contribution in [2.24, 2.45) is 10.2 Å². The van der Waals surface area contributed by atoms with Gasteiger partial charge < -0.3 is 10.2 Å². The summed E-state index contributed by atoms with van der Waals surface area (Å²) in [4.78, 5) is 26.7. The van der Waals surface area contributed by atoms with E-state index in [1.54, 1.807) is 0 Å². The quantitative estimate of drug-likeness (QED) is 0.197. The minimum absolute atomic E-state index is 0.0194. The van der Waals surface area contributed by atoms with Gasteiger partial charge in [0, 0.05) is 21.5 Å². The van der Waals surface area contributed by atoms with Gasteiger partial charge in [-0.2, -0.15) is 0 Å². The van der Waals surface area contributed by atoms with Crippen LogP contribution in [-0.2, 0) is 22.7 Å². The van der Waals surface area contributed by atoms with Gasteiger partial charge in [-0.15, -0.1) is 0 Å². The molecule has 0 unspecified atom stereocenters. The second-order valence-electron chi connectivity index (χ2n) is 3.96. The Hall–Kier alpha value is -3.48. The molecule has 0 radical (unpaired) electrons. The smallest absolute Gasteiger partial charge is 0.376 e. The first-order chi connectivity index (χ1) is 10.5. The number of ketones is 1. The molecule has 10 nitrogen and oxygen atoms in total. The van der Waals surface area contributed by atoms with Crippen LogP contribution in [0.1, 0.15) is 16.7 Å². The fraction of sp³-hybridized carbons (Fsp3) is 0.167. The summed E-state index contributed by atoms with van der Waals surface area (Å²) in [6, 6.07) is 4.35. The van der Waals surface area contributed by atoms with Gasteiger partial charge in [-0.1, -0.05) is 22.4 Å². The van der Waals surface area contributed by atoms with Crippen LogP contribution in [0.3, 0.4) is 0 Å². The SMILES string of the molecule is [N-]=[N+]=NCc1ccc(/C(O)=C/C(=O)C(=O)O)cc1CN=[N+]=[N-]. The summed E-state index contributed by atoms with van der Waals surface area (Å²) in [5.41, 5.74) is 17.9. The zero-order valence-corrected chi connectivity index (χ0v) is 11.1. The average molecular weight is 302 g/mol. The number of rotatable bonds is 7. The standard InChI is InChI=1S/C12H10N6O4/c13-17-15-5-8-2-1-7(3-9(8)6-16-18-14)10(19)4-11(20)12(21)22/h1-4,19H,5-6H2,(H,21,22)/b10-4-. The van der Waals surface area contributed by atoms with Crippen molar-refractivity contribution in [2.45, 2.75) is 13.1 Å². The summed E-state index contributed by atoms with van der Waals surface area (Å²) in [6.45, 7) is -0.0353. The number of aliphatic hydroxyl groups excluding tert-OH is 1. The van der Waals surface area contributed by atoms with Crippen LogP contribution in [-0.4, -0.2) is 22.0 Å². The molecule has 2 N–H and O–H groups in total. The molecule has 0 aliphatic heterocycles. The maximum Gasteiger partial charge on any atom is 0.376 e. The van der Waals surface area contributed by atoms with Crippen LogP contribution in [0.5, 0.6) is 0 Å². The second-order valence-corrected chi connectivity index (χ2v) is 3.96. The van der Waals surface area contributed by atoms with Crippen LogP contribution >= 0.6 is 0 Å². The predicted molar refractivity (Wildman–Crippen MR) is 75.4 cm³/mol. The Labute approximate surface area is 123 Å². The molecule has 10 heteroatoms. The van der Waals surface area contributed by atoms with E-state index in [0.717, 1.165) is 0 Å². The van der Waals surface area contributed by atoms with E-state index in [1.165, 1.54) is 18.2 Å². The van der Waals surface area contributed by atoms with Crippen molar-refractivity contribution < 1.29 is 19.8 Å². The lowest BCUT2D eigenvalue weighted by Gasteiger charge is -2.08. The molecule has 1 aromatic rings. The number of aliphatic hydroxyl groups is 1. The number of carbonyl (C=O) groups excluding carboxylic acids is 1. The molecule has 1 aromatic carbocycles. The summed E-state index contributed by atoms with van der Waals surface area (Å²) >= 11 is 0. The van der Waals surface area contributed by atoms with Crippen molar-refractivity contribution >= 4 is 17.5 Å². The Balaban J connectivity index is 3.22. The van der Waals surface area contributed by atoms with Gasteiger partial charge in [0.15, 0.2) is 0 Å². The maximum atomic E-state index is 11.0. The number of azide groups is 2. The molecule has 112 valence electrons. The number of aliphatic carboxylic acids is 1. The minimum Gasteiger partial charge on any atom is -0.507 e. The first-order valence-corrected chi connectivity index (χ1v) is 5.81. The molecule has 0 bridgehead atoms. The molecule has 0 aliphatic carbocycles. The van der Waals surface area contributed by atoms with Crippen molar-refractivity contribution in [2.75, 3.05) is 0 Å². The summed E-state index contributed by atoms with van der Waals surface area (Å²) in [6.07, 6.45) is 0.572. The topological polar surface area (TPSA) is 172 Å². The van der Waals surface area contributed by atoms with E-state index in [-0.39, 0.29) is 18.7 Å². The monoisotopic (exact) mass is 302 g/mol. The van der Waals surface area contributed by atoms with Crippen molar-refractivity contribution in [3.63, 3.8) is 0 Å². The second kappa shape index (κ2) is 7.95. The van der Waals surface area contributed by atoms with Crippen LogP contribution in [0.4, 0.5) is 0 Å². The third kappa shape index (κ3) is 4.57. The Morgan fingerprint density at radius 1 is 1.09 bits per heavy atom. The lowest BCUT2D eigenvalue weighted by molar-refractivity contribution is -0.146. The molecule has 22 heavy (non-hydrogen) atoms. The normalized spacial score (nSPS) is 10.3. The Morgan fingerprint density at radius 2 is 1.68 bits per heavy atom. The first-order valence-electron chi connectivity index (χ1n) is 5.81. The summed E-state index contributed by atoms with van der Waals surface area (Å²) in [7, 11) is 0. The van der Waals surface area contributed by atoms with Gasteiger partial charge in [-0.3, -0.25) is 4.79 Å². The highest BCUT2D eigenvalue weighted by atomic mass is 16.4. The summed E-state index contributed by atoms with van der Waals surface area (Å²) < 4.78 is 0. The fourth-order valence-corrected chi connectivity index (χ4v) is 1.57. The van der Waals surface area contributed by atoms with Crippen molar-refractivity contribution in [3.8, 4) is 0 Å². The number of carbonyl (C=O) groups is 2. The number of hydrogen-bond donors (Lipinski definition) is 2. The summed E-state index contributed by atoms with van der Waals surface area (Å²) in [5.74, 6) is -3.50. The first kappa shape index (κ1) is 16.6. The van der Waals surface area contributed by atoms with Crippen molar-refractivity contribution in [3.05, 3.63) is 61.9 Å². The highest BCUT2D eigenvalue weighted by Gasteiger charge is 2.11. The van der Waals surface area contributed by atoms with E-state index >= 15 is 0 Å². The van der Waals surface area contributed by atoms with Gasteiger partial charge in [0.25, 0.3) is 5.78 Å². The molecule has 0 heterocycles. The number of hydrogen-bond acceptors (Lipinski definition) is 5. The van der Waals surface area contributed by atoms with Gasteiger partial charge in [0.05, 0.1) is 13.1 Å². The highest BCUT2D eigenvalue weighted by Crippen LogP contribution is 2.19. The van der Waals surface area contributed by atoms with Gasteiger partial charge in [0.2, 0.25) is 0 Å². The maximum absolute atomic E-state index is 11.0. The van der Waals surface area contributed by atoms with E-state index in [9.17, 15) is 14.7 Å². The molecule has 0 aromatic heterocycles. The van der Waals surface area contributed by atoms with E-state index < -0.39 is 17.5 Å². The molecule has 0 fully saturated rings. The minimum atomic E-state index is -1.69. The van der Waals surface area contributed by atoms with Crippen LogP contribution in [0, 0.1) is 0 Å². The molecular weight excluding hydrogens is 292 g/mol. The average Bonchev–Trinajstić information content (AvgIpc) is 2.50. The Morgan fingerprint density at radius 3 is 2.23 bits per heavy atom. The van der Waals surface area contributed by atoms with Crippen LogP contribution < -0.4 is 0 Å². The lowest BCUT2D eigenvalue weighted by Crippen LogP contribution is -2.09. The molecular formula is C12H10N6O4. The van der Waals surface area contributed by atoms with Crippen molar-refractivity contribution in [1.29, 1.82) is 0 Å². The molecule has 0 aliphatic rings. The van der Waals surface area contributed by atoms with E-state index in [0.29, 0.717) is 17.2 Å². The third-order valence-corrected chi connectivity index (χ3v) is 2.59. The highest BCUT2D eigenvalue weighted by molar-refractivity contribution is 6.38. The van der Waals surface area contributed by atoms with Crippen LogP contribution in [0.25, 0.3) is 26.6 Å². The van der Waals surface area contributed by atoms with Crippen LogP contribution in [0.15, 0.2) is 34.5 Å². The summed E-state index contributed by atoms with van der Waals surface area (Å²) in [5, 5.41) is 25.0. The Bertz CT molecular complexity index is 729. The van der Waals surface area contributed by atoms with Gasteiger partial charge in [0.1, 0.15) is 5.76 Å². The third-order valence-electron chi connectivity index (χ3n) is 2.59. The molecule has 0 spiro atoms. The molecule has 0 amide bonds. The molecule has 1 rings (SSSR count). The lowest BCUT2D eigenvalue weighted by atomic mass is 10.0. The van der Waals surface area contributed by atoms with Crippen LogP contribution in [0.2, 0.25) is 0 Å². The largest absolute Gasteiger partial charge is 0.507 e. The van der Waals surface area contributed by atoms with E-state index in [1.807, 2.05) is 0 Å². The van der Waals surface area contributed by atoms with Gasteiger partial charge in [-0.25, -0.2) is 4.79 Å². The van der Waals surface area contributed by atoms with Crippen molar-refractivity contribution in [1.82, 2.24) is 0 Å². The molecule has 0 saturated heterocycles. The zero-order chi connectivity index (χ0) is 16.5. The van der Waals surface area contributed by atoms with E-state index in [4.69, 9.17) is 16.2 Å². The van der Waals surface area contributed by atoms with Gasteiger partial charge >= 0.3 is 5.97 Å². The number of nitrogens with zero attached hydrogens (tertiary/aromatic N) is 6. The Kier molecular flexibility index (Phi) is 5.99. The number of carboxylic acids is 1. The van der Waals surface area contributed by atoms with E-state index in [2.05, 4.69) is 20.1 Å². The predicted octanol–water partition coefficient (Wildman–Crippen LogP) is 2.86. The fourth-order valence-electron chi connectivity index (χ4n) is 1.57. The number of carboxylic acid groups (broad SMARTS) is 1. The molecule has 0 saturated carbocycles.